The van der Waals surface area contributed by atoms with Crippen molar-refractivity contribution in [3.05, 3.63) is 95.2 Å². The molecule has 0 fully saturated rings. The van der Waals surface area contributed by atoms with Gasteiger partial charge in [-0.1, -0.05) is 42.5 Å². The lowest BCUT2D eigenvalue weighted by atomic mass is 9.91. The minimum Gasteiger partial charge on any atom is -0.496 e. The van der Waals surface area contributed by atoms with Crippen LogP contribution >= 0.6 is 0 Å². The third kappa shape index (κ3) is 3.40. The number of methoxy groups -OCH3 is 1. The highest BCUT2D eigenvalue weighted by Gasteiger charge is 2.35. The Labute approximate surface area is 187 Å². The van der Waals surface area contributed by atoms with E-state index in [-0.39, 0.29) is 11.9 Å². The van der Waals surface area contributed by atoms with E-state index in [1.807, 2.05) is 60.4 Å². The number of aromatic amines is 1. The van der Waals surface area contributed by atoms with Crippen molar-refractivity contribution in [3.8, 4) is 11.5 Å². The van der Waals surface area contributed by atoms with Gasteiger partial charge < -0.3 is 19.4 Å². The topological polar surface area (TPSA) is 54.6 Å². The van der Waals surface area contributed by atoms with Crippen LogP contribution in [0.1, 0.15) is 40.1 Å². The zero-order valence-corrected chi connectivity index (χ0v) is 18.3. The van der Waals surface area contributed by atoms with Crippen molar-refractivity contribution in [2.45, 2.75) is 19.4 Å². The molecule has 0 saturated carbocycles. The molecule has 1 amide bonds. The van der Waals surface area contributed by atoms with Crippen molar-refractivity contribution in [2.24, 2.45) is 0 Å². The lowest BCUT2D eigenvalue weighted by Gasteiger charge is -2.36. The van der Waals surface area contributed by atoms with E-state index in [9.17, 15) is 4.79 Å². The van der Waals surface area contributed by atoms with Crippen molar-refractivity contribution in [3.63, 3.8) is 0 Å². The number of nitrogens with zero attached hydrogens (tertiary/aromatic N) is 1. The summed E-state index contributed by atoms with van der Waals surface area (Å²) in [6, 6.07) is 23.5. The van der Waals surface area contributed by atoms with E-state index in [0.29, 0.717) is 24.5 Å². The number of fused-ring (bicyclic) bond motifs is 3. The molecule has 1 aliphatic heterocycles. The number of para-hydroxylation sites is 2. The molecule has 1 aliphatic rings. The molecule has 0 radical (unpaired) electrons. The fourth-order valence-corrected chi connectivity index (χ4v) is 4.72. The maximum absolute atomic E-state index is 13.8. The summed E-state index contributed by atoms with van der Waals surface area (Å²) in [6.45, 7) is 3.19. The van der Waals surface area contributed by atoms with Gasteiger partial charge in [-0.25, -0.2) is 0 Å². The summed E-state index contributed by atoms with van der Waals surface area (Å²) < 4.78 is 11.3. The van der Waals surface area contributed by atoms with Gasteiger partial charge in [0.15, 0.2) is 0 Å². The van der Waals surface area contributed by atoms with E-state index in [2.05, 4.69) is 29.2 Å². The summed E-state index contributed by atoms with van der Waals surface area (Å²) in [5.41, 5.74) is 5.02. The number of hydrogen-bond donors (Lipinski definition) is 1. The standard InChI is InChI=1S/C27H26N2O3/c1-3-32-19-10-8-9-18(17-19)26-25-21(20-11-4-6-13-23(20)28-25)15-16-29(26)27(30)22-12-5-7-14-24(22)31-2/h4-14,17,26,28H,3,15-16H2,1-2H3/t26-/m0/s1. The fraction of sp³-hybridized carbons (Fsp3) is 0.222. The first-order chi connectivity index (χ1) is 15.7. The molecule has 0 unspecified atom stereocenters. The summed E-state index contributed by atoms with van der Waals surface area (Å²) in [6.07, 6.45) is 0.794. The molecule has 1 aromatic heterocycles. The van der Waals surface area contributed by atoms with E-state index < -0.39 is 0 Å². The van der Waals surface area contributed by atoms with Gasteiger partial charge in [0.25, 0.3) is 5.91 Å². The Bertz CT molecular complexity index is 1280. The minimum absolute atomic E-state index is 0.0430. The largest absolute Gasteiger partial charge is 0.496 e. The Morgan fingerprint density at radius 1 is 1.06 bits per heavy atom. The SMILES string of the molecule is CCOc1cccc([C@H]2c3[nH]c4ccccc4c3CCN2C(=O)c2ccccc2OC)c1. The van der Waals surface area contributed by atoms with Gasteiger partial charge in [-0.05, 0) is 54.8 Å². The number of benzene rings is 3. The Hall–Kier alpha value is -3.73. The Kier molecular flexibility index (Phi) is 5.31. The lowest BCUT2D eigenvalue weighted by molar-refractivity contribution is 0.0688. The van der Waals surface area contributed by atoms with Crippen molar-refractivity contribution in [2.75, 3.05) is 20.3 Å². The molecule has 3 aromatic carbocycles. The van der Waals surface area contributed by atoms with Gasteiger partial charge in [0.1, 0.15) is 11.5 Å². The average Bonchev–Trinajstić information content (AvgIpc) is 3.22. The third-order valence-electron chi connectivity index (χ3n) is 6.12. The van der Waals surface area contributed by atoms with Gasteiger partial charge in [-0.3, -0.25) is 4.79 Å². The van der Waals surface area contributed by atoms with Crippen LogP contribution in [0, 0.1) is 0 Å². The highest BCUT2D eigenvalue weighted by atomic mass is 16.5. The minimum atomic E-state index is -0.246. The molecule has 5 nitrogen and oxygen atoms in total. The third-order valence-corrected chi connectivity index (χ3v) is 6.12. The molecule has 0 spiro atoms. The predicted octanol–water partition coefficient (Wildman–Crippen LogP) is 5.36. The summed E-state index contributed by atoms with van der Waals surface area (Å²) in [7, 11) is 1.60. The number of nitrogens with one attached hydrogen (secondary N) is 1. The molecule has 0 bridgehead atoms. The maximum Gasteiger partial charge on any atom is 0.258 e. The monoisotopic (exact) mass is 426 g/mol. The highest BCUT2D eigenvalue weighted by molar-refractivity contribution is 5.98. The normalized spacial score (nSPS) is 15.4. The van der Waals surface area contributed by atoms with Gasteiger partial charge in [0.2, 0.25) is 0 Å². The zero-order chi connectivity index (χ0) is 22.1. The molecule has 2 heterocycles. The molecular weight excluding hydrogens is 400 g/mol. The summed E-state index contributed by atoms with van der Waals surface area (Å²) >= 11 is 0. The molecule has 5 heteroatoms. The second-order valence-corrected chi connectivity index (χ2v) is 7.92. The number of hydrogen-bond acceptors (Lipinski definition) is 3. The van der Waals surface area contributed by atoms with Crippen molar-refractivity contribution >= 4 is 16.8 Å². The van der Waals surface area contributed by atoms with Crippen LogP contribution in [0.2, 0.25) is 0 Å². The van der Waals surface area contributed by atoms with Crippen LogP contribution in [-0.4, -0.2) is 36.1 Å². The van der Waals surface area contributed by atoms with Crippen LogP contribution in [-0.2, 0) is 6.42 Å². The van der Waals surface area contributed by atoms with Crippen LogP contribution in [0.25, 0.3) is 10.9 Å². The Morgan fingerprint density at radius 3 is 2.72 bits per heavy atom. The van der Waals surface area contributed by atoms with E-state index in [1.165, 1.54) is 10.9 Å². The molecule has 0 aliphatic carbocycles. The summed E-state index contributed by atoms with van der Waals surface area (Å²) in [5.74, 6) is 1.35. The molecule has 4 aromatic rings. The van der Waals surface area contributed by atoms with Crippen LogP contribution < -0.4 is 9.47 Å². The fourth-order valence-electron chi connectivity index (χ4n) is 4.72. The molecule has 32 heavy (non-hydrogen) atoms. The maximum atomic E-state index is 13.8. The first-order valence-corrected chi connectivity index (χ1v) is 11.0. The van der Waals surface area contributed by atoms with Gasteiger partial charge in [-0.2, -0.15) is 0 Å². The summed E-state index contributed by atoms with van der Waals surface area (Å²) in [5, 5.41) is 1.22. The quantitative estimate of drug-likeness (QED) is 0.467. The van der Waals surface area contributed by atoms with Crippen LogP contribution in [0.4, 0.5) is 0 Å². The van der Waals surface area contributed by atoms with E-state index in [4.69, 9.17) is 9.47 Å². The van der Waals surface area contributed by atoms with E-state index >= 15 is 0 Å². The zero-order valence-electron chi connectivity index (χ0n) is 18.3. The number of carbonyl (C=O) groups excluding carboxylic acids is 1. The lowest BCUT2D eigenvalue weighted by Crippen LogP contribution is -2.40. The molecule has 5 rings (SSSR count). The smallest absolute Gasteiger partial charge is 0.258 e. The second-order valence-electron chi connectivity index (χ2n) is 7.92. The van der Waals surface area contributed by atoms with Crippen molar-refractivity contribution in [1.29, 1.82) is 0 Å². The first kappa shape index (κ1) is 20.2. The van der Waals surface area contributed by atoms with E-state index in [0.717, 1.165) is 28.9 Å². The van der Waals surface area contributed by atoms with E-state index in [1.54, 1.807) is 7.11 Å². The molecule has 162 valence electrons. The van der Waals surface area contributed by atoms with Crippen molar-refractivity contribution in [1.82, 2.24) is 9.88 Å². The number of carbonyl (C=O) groups is 1. The van der Waals surface area contributed by atoms with Crippen molar-refractivity contribution < 1.29 is 14.3 Å². The van der Waals surface area contributed by atoms with Crippen LogP contribution in [0.15, 0.2) is 72.8 Å². The van der Waals surface area contributed by atoms with Crippen LogP contribution in [0.5, 0.6) is 11.5 Å². The van der Waals surface area contributed by atoms with Gasteiger partial charge in [-0.15, -0.1) is 0 Å². The predicted molar refractivity (Wildman–Crippen MR) is 125 cm³/mol. The number of amides is 1. The molecule has 0 saturated heterocycles. The Morgan fingerprint density at radius 2 is 1.88 bits per heavy atom. The van der Waals surface area contributed by atoms with Crippen LogP contribution in [0.3, 0.4) is 0 Å². The number of ether oxygens (including phenoxy) is 2. The molecular formula is C27H26N2O3. The number of rotatable bonds is 5. The highest BCUT2D eigenvalue weighted by Crippen LogP contribution is 2.40. The first-order valence-electron chi connectivity index (χ1n) is 11.0. The van der Waals surface area contributed by atoms with Gasteiger partial charge >= 0.3 is 0 Å². The number of aromatic nitrogens is 1. The summed E-state index contributed by atoms with van der Waals surface area (Å²) in [4.78, 5) is 19.4. The van der Waals surface area contributed by atoms with Gasteiger partial charge in [0.05, 0.1) is 25.3 Å². The second kappa shape index (κ2) is 8.42. The molecule has 1 atom stereocenters. The van der Waals surface area contributed by atoms with Gasteiger partial charge in [0, 0.05) is 23.1 Å². The molecule has 1 N–H and O–H groups in total. The number of H-pyrrole nitrogens is 1. The Balaban J connectivity index is 1.66. The average molecular weight is 427 g/mol.